The van der Waals surface area contributed by atoms with Crippen LogP contribution in [-0.4, -0.2) is 23.1 Å². The van der Waals surface area contributed by atoms with Gasteiger partial charge in [-0.25, -0.2) is 9.97 Å². The molecule has 1 aromatic rings. The number of anilines is 2. The summed E-state index contributed by atoms with van der Waals surface area (Å²) >= 11 is 0. The normalized spacial score (nSPS) is 22.2. The van der Waals surface area contributed by atoms with E-state index in [9.17, 15) is 0 Å². The Labute approximate surface area is 77.8 Å². The van der Waals surface area contributed by atoms with Crippen LogP contribution < -0.4 is 10.6 Å². The largest absolute Gasteiger partial charge is 0.394 e. The van der Waals surface area contributed by atoms with Gasteiger partial charge in [-0.15, -0.1) is 0 Å². The van der Waals surface area contributed by atoms with Crippen LogP contribution in [0.5, 0.6) is 0 Å². The summed E-state index contributed by atoms with van der Waals surface area (Å²) in [4.78, 5) is 10.3. The molecule has 0 bridgehead atoms. The average Bonchev–Trinajstić information content (AvgIpc) is 2.53. The first-order chi connectivity index (χ1) is 6.27. The molecule has 1 saturated heterocycles. The summed E-state index contributed by atoms with van der Waals surface area (Å²) in [7, 11) is 0. The third-order valence-corrected chi connectivity index (χ3v) is 2.44. The first-order valence-electron chi connectivity index (χ1n) is 4.58. The molecule has 2 N–H and O–H groups in total. The highest BCUT2D eigenvalue weighted by molar-refractivity contribution is 5.61. The number of aromatic nitrogens is 2. The van der Waals surface area contributed by atoms with E-state index in [2.05, 4.69) is 21.8 Å². The molecule has 0 radical (unpaired) electrons. The van der Waals surface area contributed by atoms with Crippen molar-refractivity contribution in [1.29, 1.82) is 0 Å². The molecule has 0 amide bonds. The fourth-order valence-corrected chi connectivity index (χ4v) is 1.73. The van der Waals surface area contributed by atoms with Gasteiger partial charge < -0.3 is 10.6 Å². The molecule has 1 aliphatic heterocycles. The zero-order chi connectivity index (χ0) is 9.26. The van der Waals surface area contributed by atoms with Crippen molar-refractivity contribution >= 4 is 11.5 Å². The SMILES string of the molecule is CC1CCN(c2ncncc2N)C1. The smallest absolute Gasteiger partial charge is 0.155 e. The third-order valence-electron chi connectivity index (χ3n) is 2.44. The summed E-state index contributed by atoms with van der Waals surface area (Å²) in [5.41, 5.74) is 6.46. The molecule has 0 aliphatic carbocycles. The quantitative estimate of drug-likeness (QED) is 0.694. The fraction of sp³-hybridized carbons (Fsp3) is 0.556. The van der Waals surface area contributed by atoms with Crippen LogP contribution in [0.2, 0.25) is 0 Å². The van der Waals surface area contributed by atoms with Crippen LogP contribution in [0.4, 0.5) is 11.5 Å². The molecule has 2 rings (SSSR count). The van der Waals surface area contributed by atoms with E-state index in [1.807, 2.05) is 0 Å². The molecule has 1 unspecified atom stereocenters. The average molecular weight is 178 g/mol. The lowest BCUT2D eigenvalue weighted by Gasteiger charge is -2.17. The van der Waals surface area contributed by atoms with Gasteiger partial charge >= 0.3 is 0 Å². The molecule has 1 aromatic heterocycles. The molecular formula is C9H14N4. The van der Waals surface area contributed by atoms with E-state index in [0.29, 0.717) is 5.69 Å². The van der Waals surface area contributed by atoms with Gasteiger partial charge in [-0.2, -0.15) is 0 Å². The Morgan fingerprint density at radius 3 is 3.08 bits per heavy atom. The predicted molar refractivity (Wildman–Crippen MR) is 52.4 cm³/mol. The fourth-order valence-electron chi connectivity index (χ4n) is 1.73. The lowest BCUT2D eigenvalue weighted by Crippen LogP contribution is -2.21. The van der Waals surface area contributed by atoms with Crippen LogP contribution in [0.15, 0.2) is 12.5 Å². The monoisotopic (exact) mass is 178 g/mol. The van der Waals surface area contributed by atoms with E-state index in [1.165, 1.54) is 6.42 Å². The second kappa shape index (κ2) is 3.20. The van der Waals surface area contributed by atoms with E-state index in [4.69, 9.17) is 5.73 Å². The number of nitrogens with zero attached hydrogens (tertiary/aromatic N) is 3. The predicted octanol–water partition coefficient (Wildman–Crippen LogP) is 0.905. The minimum atomic E-state index is 0.677. The Hall–Kier alpha value is -1.32. The number of nitrogens with two attached hydrogens (primary N) is 1. The minimum absolute atomic E-state index is 0.677. The standard InChI is InChI=1S/C9H14N4/c1-7-2-3-13(5-7)9-8(10)4-11-6-12-9/h4,6-7H,2-3,5,10H2,1H3. The third kappa shape index (κ3) is 1.56. The topological polar surface area (TPSA) is 55.0 Å². The highest BCUT2D eigenvalue weighted by Crippen LogP contribution is 2.25. The minimum Gasteiger partial charge on any atom is -0.394 e. The summed E-state index contributed by atoms with van der Waals surface area (Å²) < 4.78 is 0. The van der Waals surface area contributed by atoms with Crippen molar-refractivity contribution in [1.82, 2.24) is 9.97 Å². The summed E-state index contributed by atoms with van der Waals surface area (Å²) in [5, 5.41) is 0. The Morgan fingerprint density at radius 2 is 2.46 bits per heavy atom. The molecule has 4 nitrogen and oxygen atoms in total. The number of nitrogen functional groups attached to an aromatic ring is 1. The van der Waals surface area contributed by atoms with Gasteiger partial charge in [0.05, 0.1) is 11.9 Å². The van der Waals surface area contributed by atoms with Crippen LogP contribution in [0.3, 0.4) is 0 Å². The number of hydrogen-bond donors (Lipinski definition) is 1. The highest BCUT2D eigenvalue weighted by Gasteiger charge is 2.21. The van der Waals surface area contributed by atoms with Gasteiger partial charge in [-0.1, -0.05) is 6.92 Å². The first-order valence-corrected chi connectivity index (χ1v) is 4.58. The molecule has 1 fully saturated rings. The molecule has 4 heteroatoms. The van der Waals surface area contributed by atoms with Gasteiger partial charge in [-0.3, -0.25) is 0 Å². The lowest BCUT2D eigenvalue weighted by atomic mass is 10.2. The number of rotatable bonds is 1. The summed E-state index contributed by atoms with van der Waals surface area (Å²) in [6.45, 7) is 4.36. The van der Waals surface area contributed by atoms with E-state index in [1.54, 1.807) is 12.5 Å². The van der Waals surface area contributed by atoms with Crippen LogP contribution >= 0.6 is 0 Å². The second-order valence-corrected chi connectivity index (χ2v) is 3.64. The molecule has 13 heavy (non-hydrogen) atoms. The van der Waals surface area contributed by atoms with Crippen LogP contribution in [0.1, 0.15) is 13.3 Å². The van der Waals surface area contributed by atoms with E-state index in [0.717, 1.165) is 24.8 Å². The molecule has 0 spiro atoms. The van der Waals surface area contributed by atoms with Crippen molar-refractivity contribution in [3.05, 3.63) is 12.5 Å². The van der Waals surface area contributed by atoms with Crippen LogP contribution in [-0.2, 0) is 0 Å². The highest BCUT2D eigenvalue weighted by atomic mass is 15.2. The van der Waals surface area contributed by atoms with Gasteiger partial charge in [0, 0.05) is 13.1 Å². The Morgan fingerprint density at radius 1 is 1.62 bits per heavy atom. The maximum absolute atomic E-state index is 5.78. The van der Waals surface area contributed by atoms with Crippen molar-refractivity contribution in [2.75, 3.05) is 23.7 Å². The molecule has 0 aromatic carbocycles. The van der Waals surface area contributed by atoms with Gasteiger partial charge in [0.1, 0.15) is 6.33 Å². The van der Waals surface area contributed by atoms with Crippen molar-refractivity contribution in [3.8, 4) is 0 Å². The van der Waals surface area contributed by atoms with E-state index < -0.39 is 0 Å². The van der Waals surface area contributed by atoms with Gasteiger partial charge in [0.25, 0.3) is 0 Å². The van der Waals surface area contributed by atoms with Crippen LogP contribution in [0, 0.1) is 5.92 Å². The van der Waals surface area contributed by atoms with Gasteiger partial charge in [0.2, 0.25) is 0 Å². The van der Waals surface area contributed by atoms with Crippen molar-refractivity contribution in [2.24, 2.45) is 5.92 Å². The van der Waals surface area contributed by atoms with E-state index >= 15 is 0 Å². The second-order valence-electron chi connectivity index (χ2n) is 3.64. The summed E-state index contributed by atoms with van der Waals surface area (Å²) in [6, 6.07) is 0. The van der Waals surface area contributed by atoms with Crippen molar-refractivity contribution < 1.29 is 0 Å². The molecule has 1 aliphatic rings. The maximum Gasteiger partial charge on any atom is 0.155 e. The van der Waals surface area contributed by atoms with Crippen molar-refractivity contribution in [3.63, 3.8) is 0 Å². The first kappa shape index (κ1) is 8.29. The van der Waals surface area contributed by atoms with Crippen LogP contribution in [0.25, 0.3) is 0 Å². The lowest BCUT2D eigenvalue weighted by molar-refractivity contribution is 0.659. The zero-order valence-electron chi connectivity index (χ0n) is 7.77. The Balaban J connectivity index is 2.21. The molecule has 70 valence electrons. The Bertz CT molecular complexity index is 299. The van der Waals surface area contributed by atoms with Gasteiger partial charge in [-0.05, 0) is 12.3 Å². The molecule has 1 atom stereocenters. The summed E-state index contributed by atoms with van der Waals surface area (Å²) in [5.74, 6) is 1.63. The molecule has 0 saturated carbocycles. The van der Waals surface area contributed by atoms with Crippen molar-refractivity contribution in [2.45, 2.75) is 13.3 Å². The maximum atomic E-state index is 5.78. The Kier molecular flexibility index (Phi) is 2.04. The summed E-state index contributed by atoms with van der Waals surface area (Å²) in [6.07, 6.45) is 4.43. The van der Waals surface area contributed by atoms with E-state index in [-0.39, 0.29) is 0 Å². The zero-order valence-corrected chi connectivity index (χ0v) is 7.77. The molecular weight excluding hydrogens is 164 g/mol. The number of hydrogen-bond acceptors (Lipinski definition) is 4. The van der Waals surface area contributed by atoms with Gasteiger partial charge in [0.15, 0.2) is 5.82 Å². The molecule has 2 heterocycles.